The molecule has 1 fully saturated rings. The molecule has 4 nitrogen and oxygen atoms in total. The minimum Gasteiger partial charge on any atom is -0.289 e. The third-order valence-corrected chi connectivity index (χ3v) is 6.87. The van der Waals surface area contributed by atoms with Gasteiger partial charge in [0.15, 0.2) is 5.78 Å². The summed E-state index contributed by atoms with van der Waals surface area (Å²) in [5.74, 6) is -0.753. The zero-order valence-corrected chi connectivity index (χ0v) is 20.5. The van der Waals surface area contributed by atoms with Gasteiger partial charge in [-0.05, 0) is 36.1 Å². The lowest BCUT2D eigenvalue weighted by Gasteiger charge is -2.36. The molecule has 0 N–H and O–H groups in total. The molecule has 1 saturated carbocycles. The van der Waals surface area contributed by atoms with Gasteiger partial charge in [0.05, 0.1) is 11.8 Å². The van der Waals surface area contributed by atoms with E-state index in [0.29, 0.717) is 24.0 Å². The Morgan fingerprint density at radius 3 is 1.50 bits per heavy atom. The van der Waals surface area contributed by atoms with Crippen molar-refractivity contribution >= 4 is 17.9 Å². The molecule has 0 aliphatic heterocycles. The summed E-state index contributed by atoms with van der Waals surface area (Å²) in [6, 6.07) is 18.7. The summed E-state index contributed by atoms with van der Waals surface area (Å²) in [7, 11) is 0. The molecule has 3 unspecified atom stereocenters. The highest BCUT2D eigenvalue weighted by Gasteiger charge is 2.49. The number of ketones is 1. The third-order valence-electron chi connectivity index (χ3n) is 6.87. The van der Waals surface area contributed by atoms with Crippen LogP contribution >= 0.6 is 0 Å². The highest BCUT2D eigenvalue weighted by molar-refractivity contribution is 6.15. The molecule has 2 aromatic rings. The molecule has 0 saturated heterocycles. The maximum atomic E-state index is 14.0. The van der Waals surface area contributed by atoms with E-state index >= 15 is 0 Å². The van der Waals surface area contributed by atoms with Crippen LogP contribution in [0.2, 0.25) is 0 Å². The number of hydrogen-bond donors (Lipinski definition) is 0. The van der Waals surface area contributed by atoms with Crippen molar-refractivity contribution in [3.8, 4) is 0 Å². The molecule has 0 amide bonds. The van der Waals surface area contributed by atoms with Crippen molar-refractivity contribution in [2.24, 2.45) is 11.8 Å². The average molecular weight is 460 g/mol. The number of carbonyl (C=O) groups excluding carboxylic acids is 1. The Hall–Kier alpha value is -3.01. The van der Waals surface area contributed by atoms with E-state index in [1.165, 1.54) is 0 Å². The Bertz CT molecular complexity index is 921. The van der Waals surface area contributed by atoms with Crippen molar-refractivity contribution in [2.45, 2.75) is 71.3 Å². The number of carbonyl (C=O) groups is 1. The molecule has 0 heterocycles. The van der Waals surface area contributed by atoms with Gasteiger partial charge in [-0.25, -0.2) is 0 Å². The molecule has 2 aromatic carbocycles. The Balaban J connectivity index is 2.13. The van der Waals surface area contributed by atoms with Crippen LogP contribution in [0.5, 0.6) is 0 Å². The Morgan fingerprint density at radius 2 is 1.15 bits per heavy atom. The van der Waals surface area contributed by atoms with Gasteiger partial charge in [-0.15, -0.1) is 0 Å². The van der Waals surface area contributed by atoms with Crippen molar-refractivity contribution in [3.63, 3.8) is 0 Å². The Labute approximate surface area is 203 Å². The second-order valence-corrected chi connectivity index (χ2v) is 9.33. The van der Waals surface area contributed by atoms with Gasteiger partial charge >= 0.3 is 0 Å². The molecule has 4 heteroatoms. The molecular weight excluding hydrogens is 422 g/mol. The fraction of sp³-hybridized carbons (Fsp3) is 0.433. The molecule has 1 aliphatic carbocycles. The monoisotopic (exact) mass is 459 g/mol. The van der Waals surface area contributed by atoms with Crippen LogP contribution in [0.4, 0.5) is 0 Å². The first-order valence-electron chi connectivity index (χ1n) is 12.8. The number of unbranched alkanes of at least 4 members (excludes halogenated alkanes) is 4. The second-order valence-electron chi connectivity index (χ2n) is 9.33. The van der Waals surface area contributed by atoms with Crippen molar-refractivity contribution in [1.29, 1.82) is 0 Å². The molecule has 3 rings (SSSR count). The topological polar surface area (TPSA) is 60.2 Å². The van der Waals surface area contributed by atoms with Gasteiger partial charge in [-0.2, -0.15) is 0 Å². The van der Waals surface area contributed by atoms with Gasteiger partial charge in [-0.3, -0.25) is 14.9 Å². The molecule has 3 atom stereocenters. The fourth-order valence-electron chi connectivity index (χ4n) is 5.13. The van der Waals surface area contributed by atoms with Crippen molar-refractivity contribution in [3.05, 3.63) is 93.1 Å². The summed E-state index contributed by atoms with van der Waals surface area (Å²) in [6.45, 7) is 4.26. The summed E-state index contributed by atoms with van der Waals surface area (Å²) < 4.78 is 0. The molecule has 0 aromatic heterocycles. The number of nitro groups is 1. The smallest absolute Gasteiger partial charge is 0.226 e. The van der Waals surface area contributed by atoms with Crippen LogP contribution < -0.4 is 0 Å². The number of Topliss-reactive ketones (excluding diaryl/α,β-unsaturated/α-hetero) is 1. The van der Waals surface area contributed by atoms with Crippen LogP contribution in [0.1, 0.15) is 76.3 Å². The Kier molecular flexibility index (Phi) is 9.81. The molecule has 0 radical (unpaired) electrons. The summed E-state index contributed by atoms with van der Waals surface area (Å²) in [5.41, 5.74) is 3.02. The average Bonchev–Trinajstić information content (AvgIpc) is 2.85. The fourth-order valence-corrected chi connectivity index (χ4v) is 5.13. The lowest BCUT2D eigenvalue weighted by Crippen LogP contribution is -2.46. The van der Waals surface area contributed by atoms with Crippen LogP contribution in [-0.4, -0.2) is 16.7 Å². The van der Waals surface area contributed by atoms with Gasteiger partial charge in [0.25, 0.3) is 0 Å². The largest absolute Gasteiger partial charge is 0.289 e. The predicted molar refractivity (Wildman–Crippen MR) is 140 cm³/mol. The first-order valence-corrected chi connectivity index (χ1v) is 12.8. The quantitative estimate of drug-likeness (QED) is 0.149. The van der Waals surface area contributed by atoms with E-state index in [2.05, 4.69) is 13.8 Å². The molecule has 0 bridgehead atoms. The lowest BCUT2D eigenvalue weighted by atomic mass is 9.66. The predicted octanol–water partition coefficient (Wildman–Crippen LogP) is 7.77. The Morgan fingerprint density at radius 1 is 0.735 bits per heavy atom. The van der Waals surface area contributed by atoms with Crippen LogP contribution in [0.15, 0.2) is 71.8 Å². The van der Waals surface area contributed by atoms with Crippen molar-refractivity contribution in [1.82, 2.24) is 0 Å². The third kappa shape index (κ3) is 6.53. The van der Waals surface area contributed by atoms with Crippen molar-refractivity contribution < 1.29 is 9.72 Å². The van der Waals surface area contributed by atoms with Crippen LogP contribution in [0.25, 0.3) is 12.2 Å². The zero-order valence-electron chi connectivity index (χ0n) is 20.5. The van der Waals surface area contributed by atoms with E-state index in [1.807, 2.05) is 72.8 Å². The minimum atomic E-state index is -0.781. The van der Waals surface area contributed by atoms with Gasteiger partial charge in [0.2, 0.25) is 6.04 Å². The van der Waals surface area contributed by atoms with E-state index in [4.69, 9.17) is 0 Å². The number of rotatable bonds is 11. The van der Waals surface area contributed by atoms with Crippen molar-refractivity contribution in [2.75, 3.05) is 0 Å². The van der Waals surface area contributed by atoms with Crippen LogP contribution in [0, 0.1) is 22.0 Å². The van der Waals surface area contributed by atoms with E-state index in [0.717, 1.165) is 49.7 Å². The molecule has 0 spiro atoms. The van der Waals surface area contributed by atoms with E-state index in [1.54, 1.807) is 0 Å². The highest BCUT2D eigenvalue weighted by atomic mass is 16.6. The number of hydrogen-bond acceptors (Lipinski definition) is 3. The van der Waals surface area contributed by atoms with E-state index in [-0.39, 0.29) is 22.5 Å². The van der Waals surface area contributed by atoms with E-state index in [9.17, 15) is 14.9 Å². The summed E-state index contributed by atoms with van der Waals surface area (Å²) in [5, 5.41) is 12.6. The zero-order chi connectivity index (χ0) is 24.3. The van der Waals surface area contributed by atoms with Gasteiger partial charge in [0, 0.05) is 16.1 Å². The maximum absolute atomic E-state index is 14.0. The second kappa shape index (κ2) is 13.0. The van der Waals surface area contributed by atoms with Gasteiger partial charge < -0.3 is 0 Å². The minimum absolute atomic E-state index is 0.0196. The summed E-state index contributed by atoms with van der Waals surface area (Å²) in [4.78, 5) is 26.5. The van der Waals surface area contributed by atoms with Gasteiger partial charge in [-0.1, -0.05) is 113 Å². The van der Waals surface area contributed by atoms with Crippen LogP contribution in [-0.2, 0) is 4.79 Å². The normalized spacial score (nSPS) is 22.9. The van der Waals surface area contributed by atoms with Gasteiger partial charge in [0.1, 0.15) is 0 Å². The molecular formula is C30H37NO3. The molecule has 34 heavy (non-hydrogen) atoms. The highest BCUT2D eigenvalue weighted by Crippen LogP contribution is 2.43. The first-order chi connectivity index (χ1) is 16.6. The number of benzene rings is 2. The molecule has 180 valence electrons. The summed E-state index contributed by atoms with van der Waals surface area (Å²) >= 11 is 0. The first kappa shape index (κ1) is 25.6. The lowest BCUT2D eigenvalue weighted by molar-refractivity contribution is -0.539. The summed E-state index contributed by atoms with van der Waals surface area (Å²) in [6.07, 6.45) is 11.0. The number of nitrogens with zero attached hydrogens (tertiary/aromatic N) is 1. The van der Waals surface area contributed by atoms with Crippen LogP contribution in [0.3, 0.4) is 0 Å². The SMILES string of the molecule is CCCCCC1/C(=C/c2ccccc2)C(=O)/C(=C/c2ccccc2)C(CCCCC)C1[N+](=O)[O-]. The maximum Gasteiger partial charge on any atom is 0.226 e. The van der Waals surface area contributed by atoms with E-state index < -0.39 is 6.04 Å². The standard InChI is InChI=1S/C30H37NO3/c1-3-5-9-19-25-27(21-23-15-11-7-12-16-23)30(32)28(22-24-17-13-8-14-18-24)26(20-10-6-4-2)29(25)31(33)34/h7-8,11-18,21-22,25-26,29H,3-6,9-10,19-20H2,1-2H3/b27-21-,28-22+. The molecule has 1 aliphatic rings.